The van der Waals surface area contributed by atoms with Gasteiger partial charge >= 0.3 is 12.0 Å². The van der Waals surface area contributed by atoms with E-state index in [4.69, 9.17) is 4.42 Å². The number of hydrogen-bond donors (Lipinski definition) is 0. The summed E-state index contributed by atoms with van der Waals surface area (Å²) in [4.78, 5) is 0. The predicted molar refractivity (Wildman–Crippen MR) is 35.0 cm³/mol. The summed E-state index contributed by atoms with van der Waals surface area (Å²) >= 11 is 0. The Labute approximate surface area is 59.9 Å². The summed E-state index contributed by atoms with van der Waals surface area (Å²) in [6.45, 7) is 1.97. The zero-order valence-corrected chi connectivity index (χ0v) is 6.02. The molecule has 2 aliphatic rings. The van der Waals surface area contributed by atoms with Crippen molar-refractivity contribution in [2.24, 2.45) is 5.41 Å². The van der Waals surface area contributed by atoms with E-state index in [9.17, 15) is 5.11 Å². The molecule has 10 heavy (non-hydrogen) atoms. The third-order valence-electron chi connectivity index (χ3n) is 2.55. The van der Waals surface area contributed by atoms with Crippen LogP contribution in [0.1, 0.15) is 26.2 Å². The average Bonchev–Trinajstić information content (AvgIpc) is 2.36. The van der Waals surface area contributed by atoms with Gasteiger partial charge in [0, 0.05) is 0 Å². The number of allylic oxidation sites excluding steroid dienone is 1. The smallest absolute Gasteiger partial charge is 0.314 e. The standard InChI is InChI=1S/C8H10O2/c1-8-4-2-3-7(8)10-5-6(8)9/h5H,2-4H2,1H3. The van der Waals surface area contributed by atoms with Crippen LogP contribution in [-0.2, 0) is 4.42 Å². The molecule has 1 aliphatic heterocycles. The molecule has 1 unspecified atom stereocenters. The first-order valence-corrected chi connectivity index (χ1v) is 3.64. The second kappa shape index (κ2) is 1.62. The second-order valence-corrected chi connectivity index (χ2v) is 3.21. The molecule has 54 valence electrons. The third kappa shape index (κ3) is 0.516. The van der Waals surface area contributed by atoms with Crippen molar-refractivity contribution in [3.05, 3.63) is 12.0 Å². The van der Waals surface area contributed by atoms with E-state index in [0.29, 0.717) is 0 Å². The predicted octanol–water partition coefficient (Wildman–Crippen LogP) is 0.497. The van der Waals surface area contributed by atoms with E-state index in [-0.39, 0.29) is 11.2 Å². The number of rotatable bonds is 0. The minimum absolute atomic E-state index is 0.153. The zero-order chi connectivity index (χ0) is 7.19. The Balaban J connectivity index is 2.42. The lowest BCUT2D eigenvalue weighted by Crippen LogP contribution is -2.27. The van der Waals surface area contributed by atoms with Gasteiger partial charge in [-0.3, -0.25) is 0 Å². The van der Waals surface area contributed by atoms with Gasteiger partial charge in [-0.15, -0.1) is 0 Å². The summed E-state index contributed by atoms with van der Waals surface area (Å²) in [7, 11) is 0. The molecule has 1 heterocycles. The van der Waals surface area contributed by atoms with Crippen LogP contribution in [0.4, 0.5) is 0 Å². The van der Waals surface area contributed by atoms with Gasteiger partial charge in [0.1, 0.15) is 0 Å². The maximum atomic E-state index is 11.2. The molecule has 0 aromatic rings. The van der Waals surface area contributed by atoms with E-state index in [1.54, 1.807) is 0 Å². The van der Waals surface area contributed by atoms with Gasteiger partial charge in [0.15, 0.2) is 0 Å². The molecule has 1 saturated carbocycles. The highest BCUT2D eigenvalue weighted by atomic mass is 16.4. The van der Waals surface area contributed by atoms with Gasteiger partial charge in [0.2, 0.25) is 0 Å². The summed E-state index contributed by atoms with van der Waals surface area (Å²) in [5.41, 5.74) is -0.236. The zero-order valence-electron chi connectivity index (χ0n) is 6.02. The highest BCUT2D eigenvalue weighted by Gasteiger charge is 2.47. The highest BCUT2D eigenvalue weighted by Crippen LogP contribution is 2.41. The summed E-state index contributed by atoms with van der Waals surface area (Å²) < 4.78 is 5.13. The van der Waals surface area contributed by atoms with Crippen LogP contribution in [0, 0.1) is 5.41 Å². The summed E-state index contributed by atoms with van der Waals surface area (Å²) in [6, 6.07) is 0. The molecule has 2 heteroatoms. The Bertz CT molecular complexity index is 227. The molecule has 1 aliphatic carbocycles. The molecule has 0 amide bonds. The van der Waals surface area contributed by atoms with E-state index in [0.717, 1.165) is 25.0 Å². The van der Waals surface area contributed by atoms with E-state index in [1.165, 1.54) is 6.26 Å². The van der Waals surface area contributed by atoms with Crippen LogP contribution in [0.3, 0.4) is 0 Å². The lowest BCUT2D eigenvalue weighted by molar-refractivity contribution is -0.385. The van der Waals surface area contributed by atoms with Crippen LogP contribution in [0.2, 0.25) is 0 Å². The summed E-state index contributed by atoms with van der Waals surface area (Å²) in [5.74, 6) is 1.14. The minimum atomic E-state index is -0.236. The van der Waals surface area contributed by atoms with Crippen molar-refractivity contribution < 1.29 is 9.53 Å². The van der Waals surface area contributed by atoms with Crippen molar-refractivity contribution in [1.29, 1.82) is 0 Å². The SMILES string of the molecule is CC12CCCC1=[O+]C=C2[O-]. The van der Waals surface area contributed by atoms with Crippen molar-refractivity contribution in [2.45, 2.75) is 26.2 Å². The molecule has 0 spiro atoms. The molecule has 1 fully saturated rings. The number of fused-ring (bicyclic) bond motifs is 1. The van der Waals surface area contributed by atoms with Gasteiger partial charge in [-0.2, -0.15) is 0 Å². The fourth-order valence-electron chi connectivity index (χ4n) is 1.72. The summed E-state index contributed by atoms with van der Waals surface area (Å²) in [6.07, 6.45) is 4.40. The molecule has 2 nitrogen and oxygen atoms in total. The molecular formula is C8H10O2. The first-order valence-electron chi connectivity index (χ1n) is 3.64. The normalized spacial score (nSPS) is 37.3. The van der Waals surface area contributed by atoms with E-state index in [1.807, 2.05) is 6.92 Å². The van der Waals surface area contributed by atoms with Gasteiger partial charge in [-0.25, -0.2) is 4.42 Å². The van der Waals surface area contributed by atoms with Gasteiger partial charge in [0.25, 0.3) is 0 Å². The van der Waals surface area contributed by atoms with Gasteiger partial charge in [0.05, 0.1) is 11.8 Å². The van der Waals surface area contributed by atoms with Crippen molar-refractivity contribution in [3.8, 4) is 0 Å². The van der Waals surface area contributed by atoms with Gasteiger partial charge in [-0.1, -0.05) is 0 Å². The molecule has 1 atom stereocenters. The van der Waals surface area contributed by atoms with Crippen LogP contribution in [-0.4, -0.2) is 5.78 Å². The first-order chi connectivity index (χ1) is 4.73. The molecule has 0 radical (unpaired) electrons. The number of carbonyl (C=O) groups excluding carboxylic acids is 1. The molecule has 0 bridgehead atoms. The van der Waals surface area contributed by atoms with Crippen molar-refractivity contribution in [1.82, 2.24) is 0 Å². The topological polar surface area (TPSA) is 34.4 Å². The Morgan fingerprint density at radius 1 is 1.70 bits per heavy atom. The van der Waals surface area contributed by atoms with Crippen LogP contribution >= 0.6 is 0 Å². The van der Waals surface area contributed by atoms with Crippen LogP contribution in [0.5, 0.6) is 0 Å². The Kier molecular flexibility index (Phi) is 0.967. The van der Waals surface area contributed by atoms with Crippen molar-refractivity contribution in [3.63, 3.8) is 0 Å². The largest absolute Gasteiger partial charge is 0.869 e. The van der Waals surface area contributed by atoms with Crippen LogP contribution in [0.25, 0.3) is 0 Å². The molecular weight excluding hydrogens is 128 g/mol. The molecule has 0 N–H and O–H groups in total. The molecule has 0 saturated heterocycles. The van der Waals surface area contributed by atoms with Crippen LogP contribution in [0.15, 0.2) is 12.0 Å². The van der Waals surface area contributed by atoms with E-state index in [2.05, 4.69) is 0 Å². The quantitative estimate of drug-likeness (QED) is 0.449. The van der Waals surface area contributed by atoms with Crippen LogP contribution < -0.4 is 5.11 Å². The number of ketones is 1. The molecule has 2 rings (SSSR count). The maximum absolute atomic E-state index is 11.2. The van der Waals surface area contributed by atoms with Gasteiger partial charge in [-0.05, 0) is 25.5 Å². The Morgan fingerprint density at radius 3 is 3.20 bits per heavy atom. The molecule has 0 aromatic heterocycles. The van der Waals surface area contributed by atoms with E-state index >= 15 is 0 Å². The van der Waals surface area contributed by atoms with Crippen molar-refractivity contribution in [2.75, 3.05) is 0 Å². The van der Waals surface area contributed by atoms with E-state index < -0.39 is 0 Å². The highest BCUT2D eigenvalue weighted by molar-refractivity contribution is 5.90. The lowest BCUT2D eigenvalue weighted by Gasteiger charge is -2.19. The fourth-order valence-corrected chi connectivity index (χ4v) is 1.72. The molecule has 0 aromatic carbocycles. The third-order valence-corrected chi connectivity index (χ3v) is 2.55. The number of hydrogen-bond acceptors (Lipinski definition) is 1. The first kappa shape index (κ1) is 5.96. The summed E-state index contributed by atoms with van der Waals surface area (Å²) in [5, 5.41) is 11.2. The Hall–Kier alpha value is -0.790. The lowest BCUT2D eigenvalue weighted by atomic mass is 9.87. The Morgan fingerprint density at radius 2 is 2.50 bits per heavy atom. The maximum Gasteiger partial charge on any atom is 0.314 e. The van der Waals surface area contributed by atoms with Crippen molar-refractivity contribution >= 4 is 5.78 Å². The second-order valence-electron chi connectivity index (χ2n) is 3.21. The average molecular weight is 138 g/mol. The van der Waals surface area contributed by atoms with Gasteiger partial charge < -0.3 is 5.11 Å². The minimum Gasteiger partial charge on any atom is -0.869 e. The monoisotopic (exact) mass is 138 g/mol. The fraction of sp³-hybridized carbons (Fsp3) is 0.625.